The molecule has 8 heteroatoms. The van der Waals surface area contributed by atoms with Crippen molar-refractivity contribution in [1.29, 1.82) is 0 Å². The standard InChI is InChI=1S/C23H18N4O3S/c1-15-11-21(27(26-15)23-24-19(14-31-23)20-7-4-10-29-20)25-22(28)13-30-18-9-8-16-5-2-3-6-17(16)12-18/h2-12,14H,13H2,1H3,(H,25,28). The number of nitrogens with zero attached hydrogens (tertiary/aromatic N) is 3. The maximum atomic E-state index is 12.5. The Balaban J connectivity index is 1.29. The summed E-state index contributed by atoms with van der Waals surface area (Å²) in [5, 5.41) is 12.0. The molecule has 7 nitrogen and oxygen atoms in total. The number of carbonyl (C=O) groups is 1. The fraction of sp³-hybridized carbons (Fsp3) is 0.0870. The van der Waals surface area contributed by atoms with E-state index in [-0.39, 0.29) is 12.5 Å². The number of anilines is 1. The average Bonchev–Trinajstić information content (AvgIpc) is 3.53. The first kappa shape index (κ1) is 19.1. The number of nitrogens with one attached hydrogen (secondary N) is 1. The number of aryl methyl sites for hydroxylation is 1. The lowest BCUT2D eigenvalue weighted by atomic mass is 10.1. The number of rotatable bonds is 6. The van der Waals surface area contributed by atoms with Crippen LogP contribution in [-0.2, 0) is 4.79 Å². The second-order valence-corrected chi connectivity index (χ2v) is 7.76. The summed E-state index contributed by atoms with van der Waals surface area (Å²) in [5.41, 5.74) is 1.48. The number of aromatic nitrogens is 3. The van der Waals surface area contributed by atoms with E-state index in [4.69, 9.17) is 9.15 Å². The molecular weight excluding hydrogens is 412 g/mol. The molecular formula is C23H18N4O3S. The first-order valence-electron chi connectivity index (χ1n) is 9.63. The fourth-order valence-electron chi connectivity index (χ4n) is 3.22. The van der Waals surface area contributed by atoms with Crippen molar-refractivity contribution >= 4 is 33.8 Å². The van der Waals surface area contributed by atoms with E-state index in [9.17, 15) is 4.79 Å². The van der Waals surface area contributed by atoms with Gasteiger partial charge in [-0.3, -0.25) is 4.79 Å². The van der Waals surface area contributed by atoms with E-state index in [1.165, 1.54) is 11.3 Å². The lowest BCUT2D eigenvalue weighted by Gasteiger charge is -2.09. The largest absolute Gasteiger partial charge is 0.484 e. The number of thiazole rings is 1. The molecule has 0 spiro atoms. The van der Waals surface area contributed by atoms with Crippen molar-refractivity contribution in [2.75, 3.05) is 11.9 Å². The molecule has 154 valence electrons. The highest BCUT2D eigenvalue weighted by atomic mass is 32.1. The van der Waals surface area contributed by atoms with Gasteiger partial charge in [0.2, 0.25) is 5.13 Å². The van der Waals surface area contributed by atoms with Crippen LogP contribution in [0.4, 0.5) is 5.82 Å². The summed E-state index contributed by atoms with van der Waals surface area (Å²) in [6.45, 7) is 1.75. The summed E-state index contributed by atoms with van der Waals surface area (Å²) in [6.07, 6.45) is 1.60. The van der Waals surface area contributed by atoms with Crippen molar-refractivity contribution in [3.8, 4) is 22.3 Å². The van der Waals surface area contributed by atoms with Gasteiger partial charge in [-0.25, -0.2) is 4.98 Å². The van der Waals surface area contributed by atoms with Gasteiger partial charge in [-0.1, -0.05) is 30.3 Å². The van der Waals surface area contributed by atoms with Crippen molar-refractivity contribution in [2.24, 2.45) is 0 Å². The maximum Gasteiger partial charge on any atom is 0.263 e. The molecule has 5 rings (SSSR count). The van der Waals surface area contributed by atoms with Crippen molar-refractivity contribution in [3.63, 3.8) is 0 Å². The van der Waals surface area contributed by atoms with Crippen LogP contribution in [0.5, 0.6) is 5.75 Å². The van der Waals surface area contributed by atoms with Crippen molar-refractivity contribution < 1.29 is 13.9 Å². The number of ether oxygens (including phenoxy) is 1. The Bertz CT molecular complexity index is 1350. The van der Waals surface area contributed by atoms with Crippen LogP contribution < -0.4 is 10.1 Å². The zero-order valence-electron chi connectivity index (χ0n) is 16.6. The van der Waals surface area contributed by atoms with Gasteiger partial charge in [0.25, 0.3) is 5.91 Å². The van der Waals surface area contributed by atoms with E-state index >= 15 is 0 Å². The van der Waals surface area contributed by atoms with E-state index in [0.29, 0.717) is 22.5 Å². The molecule has 0 bridgehead atoms. The SMILES string of the molecule is Cc1cc(NC(=O)COc2ccc3ccccc3c2)n(-c2nc(-c3ccco3)cs2)n1. The Hall–Kier alpha value is -3.91. The van der Waals surface area contributed by atoms with E-state index in [0.717, 1.165) is 22.2 Å². The molecule has 3 heterocycles. The van der Waals surface area contributed by atoms with Crippen LogP contribution in [0.2, 0.25) is 0 Å². The van der Waals surface area contributed by atoms with Crippen LogP contribution in [0.1, 0.15) is 5.69 Å². The van der Waals surface area contributed by atoms with Gasteiger partial charge in [0.1, 0.15) is 17.3 Å². The van der Waals surface area contributed by atoms with E-state index < -0.39 is 0 Å². The molecule has 1 N–H and O–H groups in total. The molecule has 2 aromatic carbocycles. The van der Waals surface area contributed by atoms with Gasteiger partial charge in [0.05, 0.1) is 12.0 Å². The topological polar surface area (TPSA) is 82.2 Å². The highest BCUT2D eigenvalue weighted by molar-refractivity contribution is 7.12. The molecule has 0 radical (unpaired) electrons. The predicted molar refractivity (Wildman–Crippen MR) is 120 cm³/mol. The van der Waals surface area contributed by atoms with Crippen molar-refractivity contribution in [3.05, 3.63) is 78.0 Å². The Morgan fingerprint density at radius 2 is 2.00 bits per heavy atom. The Morgan fingerprint density at radius 3 is 2.84 bits per heavy atom. The second-order valence-electron chi connectivity index (χ2n) is 6.92. The number of amides is 1. The normalized spacial score (nSPS) is 11.0. The Labute approximate surface area is 181 Å². The van der Waals surface area contributed by atoms with E-state index in [1.54, 1.807) is 17.0 Å². The number of fused-ring (bicyclic) bond motifs is 1. The number of carbonyl (C=O) groups excluding carboxylic acids is 1. The number of hydrogen-bond donors (Lipinski definition) is 1. The monoisotopic (exact) mass is 430 g/mol. The van der Waals surface area contributed by atoms with Gasteiger partial charge >= 0.3 is 0 Å². The lowest BCUT2D eigenvalue weighted by Crippen LogP contribution is -2.21. The molecule has 0 aliphatic carbocycles. The van der Waals surface area contributed by atoms with Gasteiger partial charge < -0.3 is 14.5 Å². The van der Waals surface area contributed by atoms with E-state index in [1.807, 2.05) is 66.9 Å². The van der Waals surface area contributed by atoms with Gasteiger partial charge in [-0.05, 0) is 42.0 Å². The number of furan rings is 1. The van der Waals surface area contributed by atoms with Gasteiger partial charge in [-0.2, -0.15) is 9.78 Å². The lowest BCUT2D eigenvalue weighted by molar-refractivity contribution is -0.118. The molecule has 0 aliphatic rings. The third-order valence-electron chi connectivity index (χ3n) is 4.64. The van der Waals surface area contributed by atoms with Crippen LogP contribution in [-0.4, -0.2) is 27.3 Å². The highest BCUT2D eigenvalue weighted by Crippen LogP contribution is 2.26. The molecule has 3 aromatic heterocycles. The van der Waals surface area contributed by atoms with Crippen LogP contribution in [0.15, 0.2) is 76.7 Å². The molecule has 0 aliphatic heterocycles. The van der Waals surface area contributed by atoms with Crippen LogP contribution in [0, 0.1) is 6.92 Å². The first-order chi connectivity index (χ1) is 15.2. The highest BCUT2D eigenvalue weighted by Gasteiger charge is 2.15. The average molecular weight is 430 g/mol. The Kier molecular flexibility index (Phi) is 4.97. The first-order valence-corrected chi connectivity index (χ1v) is 10.5. The molecule has 1 amide bonds. The number of benzene rings is 2. The smallest absolute Gasteiger partial charge is 0.263 e. The quantitative estimate of drug-likeness (QED) is 0.407. The van der Waals surface area contributed by atoms with Crippen molar-refractivity contribution in [1.82, 2.24) is 14.8 Å². The third-order valence-corrected chi connectivity index (χ3v) is 5.45. The minimum Gasteiger partial charge on any atom is -0.484 e. The molecule has 0 unspecified atom stereocenters. The fourth-order valence-corrected chi connectivity index (χ4v) is 3.99. The molecule has 0 saturated carbocycles. The van der Waals surface area contributed by atoms with Gasteiger partial charge in [0, 0.05) is 11.4 Å². The second kappa shape index (κ2) is 8.08. The molecule has 0 atom stereocenters. The molecule has 31 heavy (non-hydrogen) atoms. The summed E-state index contributed by atoms with van der Waals surface area (Å²) in [5.74, 6) is 1.57. The minimum absolute atomic E-state index is 0.113. The summed E-state index contributed by atoms with van der Waals surface area (Å²) >= 11 is 1.41. The maximum absolute atomic E-state index is 12.5. The molecule has 0 saturated heterocycles. The van der Waals surface area contributed by atoms with E-state index in [2.05, 4.69) is 15.4 Å². The third kappa shape index (κ3) is 4.06. The Morgan fingerprint density at radius 1 is 1.13 bits per heavy atom. The van der Waals surface area contributed by atoms with Crippen LogP contribution in [0.3, 0.4) is 0 Å². The zero-order chi connectivity index (χ0) is 21.2. The zero-order valence-corrected chi connectivity index (χ0v) is 17.4. The minimum atomic E-state index is -0.280. The number of hydrogen-bond acceptors (Lipinski definition) is 6. The summed E-state index contributed by atoms with van der Waals surface area (Å²) in [7, 11) is 0. The van der Waals surface area contributed by atoms with Crippen LogP contribution in [0.25, 0.3) is 27.4 Å². The summed E-state index contributed by atoms with van der Waals surface area (Å²) in [6, 6.07) is 19.2. The van der Waals surface area contributed by atoms with Gasteiger partial charge in [0.15, 0.2) is 12.4 Å². The van der Waals surface area contributed by atoms with Crippen molar-refractivity contribution in [2.45, 2.75) is 6.92 Å². The molecule has 0 fully saturated rings. The summed E-state index contributed by atoms with van der Waals surface area (Å²) < 4.78 is 12.7. The van der Waals surface area contributed by atoms with Crippen LogP contribution >= 0.6 is 11.3 Å². The van der Waals surface area contributed by atoms with Gasteiger partial charge in [-0.15, -0.1) is 11.3 Å². The predicted octanol–water partition coefficient (Wildman–Crippen LogP) is 5.07. The summed E-state index contributed by atoms with van der Waals surface area (Å²) in [4.78, 5) is 17.1. The molecule has 5 aromatic rings.